The third-order valence-corrected chi connectivity index (χ3v) is 5.53. The Morgan fingerprint density at radius 1 is 1.26 bits per heavy atom. The lowest BCUT2D eigenvalue weighted by atomic mass is 10.1. The van der Waals surface area contributed by atoms with E-state index in [9.17, 15) is 24.3 Å². The molecule has 1 aliphatic heterocycles. The van der Waals surface area contributed by atoms with Gasteiger partial charge in [0.25, 0.3) is 0 Å². The molecule has 35 heavy (non-hydrogen) atoms. The van der Waals surface area contributed by atoms with Crippen molar-refractivity contribution < 1.29 is 29.4 Å². The van der Waals surface area contributed by atoms with Crippen molar-refractivity contribution in [3.05, 3.63) is 18.2 Å². The molecule has 0 radical (unpaired) electrons. The van der Waals surface area contributed by atoms with Crippen molar-refractivity contribution in [3.63, 3.8) is 0 Å². The fourth-order valence-electron chi connectivity index (χ4n) is 3.73. The number of hydrogen-bond acceptors (Lipinski definition) is 8. The molecule has 2 rings (SSSR count). The van der Waals surface area contributed by atoms with E-state index in [1.54, 1.807) is 6.20 Å². The number of aliphatic hydroxyl groups is 1. The highest BCUT2D eigenvalue weighted by atomic mass is 16.4. The largest absolute Gasteiger partial charge is 0.480 e. The second kappa shape index (κ2) is 13.2. The number of carboxylic acids is 1. The van der Waals surface area contributed by atoms with Crippen LogP contribution in [-0.2, 0) is 25.6 Å². The summed E-state index contributed by atoms with van der Waals surface area (Å²) < 4.78 is 0. The Bertz CT molecular complexity index is 903. The minimum absolute atomic E-state index is 0.0894. The van der Waals surface area contributed by atoms with Crippen LogP contribution in [0.5, 0.6) is 0 Å². The summed E-state index contributed by atoms with van der Waals surface area (Å²) in [6.07, 6.45) is 4.60. The van der Waals surface area contributed by atoms with E-state index in [1.165, 1.54) is 11.2 Å². The molecule has 3 amide bonds. The topological polar surface area (TPSA) is 255 Å². The zero-order valence-electron chi connectivity index (χ0n) is 19.2. The number of nitrogens with one attached hydrogen (secondary N) is 3. The third-order valence-electron chi connectivity index (χ3n) is 5.53. The van der Waals surface area contributed by atoms with Gasteiger partial charge in [-0.05, 0) is 25.7 Å². The maximum atomic E-state index is 13.1. The van der Waals surface area contributed by atoms with Crippen LogP contribution in [0.1, 0.15) is 31.4 Å². The lowest BCUT2D eigenvalue weighted by Crippen LogP contribution is -2.57. The van der Waals surface area contributed by atoms with Gasteiger partial charge in [-0.25, -0.2) is 9.78 Å². The highest BCUT2D eigenvalue weighted by Crippen LogP contribution is 2.19. The van der Waals surface area contributed by atoms with Gasteiger partial charge in [0.1, 0.15) is 18.1 Å². The summed E-state index contributed by atoms with van der Waals surface area (Å²) >= 11 is 0. The molecule has 0 aromatic carbocycles. The Kier molecular flexibility index (Phi) is 10.4. The van der Waals surface area contributed by atoms with E-state index in [4.69, 9.17) is 22.3 Å². The highest BCUT2D eigenvalue weighted by molar-refractivity contribution is 5.94. The van der Waals surface area contributed by atoms with Crippen LogP contribution >= 0.6 is 0 Å². The van der Waals surface area contributed by atoms with Gasteiger partial charge in [-0.2, -0.15) is 0 Å². The van der Waals surface area contributed by atoms with Crippen LogP contribution in [0.2, 0.25) is 0 Å². The molecule has 1 aromatic heterocycles. The summed E-state index contributed by atoms with van der Waals surface area (Å²) in [5, 5.41) is 23.1. The quantitative estimate of drug-likeness (QED) is 0.0756. The molecule has 1 aromatic rings. The number of carbonyl (C=O) groups is 4. The number of aromatic amines is 1. The zero-order valence-corrected chi connectivity index (χ0v) is 19.2. The smallest absolute Gasteiger partial charge is 0.328 e. The van der Waals surface area contributed by atoms with Crippen LogP contribution < -0.4 is 27.8 Å². The number of hydrogen-bond donors (Lipinski definition) is 8. The van der Waals surface area contributed by atoms with E-state index < -0.39 is 54.5 Å². The number of aliphatic imine (C=N–C) groups is 1. The summed E-state index contributed by atoms with van der Waals surface area (Å²) in [5.74, 6) is -3.32. The molecule has 1 saturated heterocycles. The van der Waals surface area contributed by atoms with Gasteiger partial charge in [-0.3, -0.25) is 19.4 Å². The van der Waals surface area contributed by atoms with Crippen LogP contribution in [0.15, 0.2) is 17.5 Å². The van der Waals surface area contributed by atoms with E-state index in [1.807, 2.05) is 0 Å². The van der Waals surface area contributed by atoms with Crippen molar-refractivity contribution in [2.24, 2.45) is 22.2 Å². The van der Waals surface area contributed by atoms with Crippen molar-refractivity contribution in [1.29, 1.82) is 0 Å². The molecule has 0 saturated carbocycles. The van der Waals surface area contributed by atoms with Gasteiger partial charge < -0.3 is 47.9 Å². The summed E-state index contributed by atoms with van der Waals surface area (Å²) in [5.41, 5.74) is 17.3. The first-order valence-corrected chi connectivity index (χ1v) is 11.2. The molecule has 4 atom stereocenters. The maximum Gasteiger partial charge on any atom is 0.328 e. The van der Waals surface area contributed by atoms with Crippen LogP contribution in [0.4, 0.5) is 0 Å². The highest BCUT2D eigenvalue weighted by Gasteiger charge is 2.38. The maximum absolute atomic E-state index is 13.1. The van der Waals surface area contributed by atoms with Crippen molar-refractivity contribution in [2.75, 3.05) is 19.7 Å². The first-order valence-electron chi connectivity index (χ1n) is 11.2. The van der Waals surface area contributed by atoms with Crippen molar-refractivity contribution in [1.82, 2.24) is 25.5 Å². The van der Waals surface area contributed by atoms with Gasteiger partial charge in [0, 0.05) is 31.4 Å². The summed E-state index contributed by atoms with van der Waals surface area (Å²) in [6.45, 7) is -0.309. The van der Waals surface area contributed by atoms with Gasteiger partial charge >= 0.3 is 5.97 Å². The molecule has 2 heterocycles. The number of carboxylic acid groups (broad SMARTS) is 1. The Balaban J connectivity index is 2.07. The standard InChI is InChI=1S/C20H33N9O6/c21-12(7-11-8-24-10-26-11)18(33)29-6-2-4-15(29)17(32)27-13(3-1-5-25-20(22)23)16(31)28-14(9-30)19(34)35/h8,10,12-15,30H,1-7,9,21H2,(H,24,26)(H,27,32)(H,28,31)(H,34,35)(H4,22,23,25). The van der Waals surface area contributed by atoms with Gasteiger partial charge in [-0.15, -0.1) is 0 Å². The Morgan fingerprint density at radius 2 is 2.00 bits per heavy atom. The number of amides is 3. The van der Waals surface area contributed by atoms with Crippen molar-refractivity contribution in [2.45, 2.75) is 56.3 Å². The Hall–Kier alpha value is -3.72. The summed E-state index contributed by atoms with van der Waals surface area (Å²) in [4.78, 5) is 61.8. The number of likely N-dealkylation sites (tertiary alicyclic amines) is 1. The van der Waals surface area contributed by atoms with Gasteiger partial charge in [0.05, 0.1) is 19.0 Å². The molecule has 1 fully saturated rings. The molecule has 4 unspecified atom stereocenters. The number of rotatable bonds is 13. The Labute approximate surface area is 201 Å². The number of H-pyrrole nitrogens is 1. The number of carbonyl (C=O) groups excluding carboxylic acids is 3. The molecule has 0 spiro atoms. The van der Waals surface area contributed by atoms with Crippen LogP contribution in [0.3, 0.4) is 0 Å². The summed E-state index contributed by atoms with van der Waals surface area (Å²) in [7, 11) is 0. The second-order valence-corrected chi connectivity index (χ2v) is 8.17. The van der Waals surface area contributed by atoms with Crippen LogP contribution in [-0.4, -0.2) is 98.6 Å². The van der Waals surface area contributed by atoms with Crippen LogP contribution in [0, 0.1) is 0 Å². The van der Waals surface area contributed by atoms with E-state index in [-0.39, 0.29) is 25.3 Å². The van der Waals surface area contributed by atoms with Crippen molar-refractivity contribution in [3.8, 4) is 0 Å². The summed E-state index contributed by atoms with van der Waals surface area (Å²) in [6, 6.07) is -4.40. The number of imidazole rings is 1. The number of aromatic nitrogens is 2. The number of aliphatic carboxylic acids is 1. The second-order valence-electron chi connectivity index (χ2n) is 8.17. The first kappa shape index (κ1) is 27.5. The van der Waals surface area contributed by atoms with Gasteiger partial charge in [0.2, 0.25) is 17.7 Å². The monoisotopic (exact) mass is 495 g/mol. The SMILES string of the molecule is NC(N)=NCCCC(NC(=O)C1CCCN1C(=O)C(N)Cc1cnc[nH]1)C(=O)NC(CO)C(=O)O. The molecule has 1 aliphatic rings. The molecule has 194 valence electrons. The van der Waals surface area contributed by atoms with Gasteiger partial charge in [-0.1, -0.05) is 0 Å². The fraction of sp³-hybridized carbons (Fsp3) is 0.600. The molecular weight excluding hydrogens is 462 g/mol. The van der Waals surface area contributed by atoms with E-state index in [2.05, 4.69) is 25.6 Å². The minimum Gasteiger partial charge on any atom is -0.480 e. The molecule has 11 N–H and O–H groups in total. The molecular formula is C20H33N9O6. The molecule has 0 aliphatic carbocycles. The number of aliphatic hydroxyl groups excluding tert-OH is 1. The molecule has 0 bridgehead atoms. The molecule has 15 heteroatoms. The lowest BCUT2D eigenvalue weighted by Gasteiger charge is -2.28. The van der Waals surface area contributed by atoms with E-state index >= 15 is 0 Å². The van der Waals surface area contributed by atoms with Crippen molar-refractivity contribution >= 4 is 29.7 Å². The van der Waals surface area contributed by atoms with E-state index in [0.717, 1.165) is 0 Å². The number of guanidine groups is 1. The zero-order chi connectivity index (χ0) is 26.0. The molecule has 15 nitrogen and oxygen atoms in total. The Morgan fingerprint density at radius 3 is 2.60 bits per heavy atom. The first-order chi connectivity index (χ1) is 16.6. The lowest BCUT2D eigenvalue weighted by molar-refractivity contribution is -0.144. The predicted molar refractivity (Wildman–Crippen MR) is 123 cm³/mol. The average molecular weight is 496 g/mol. The number of nitrogens with zero attached hydrogens (tertiary/aromatic N) is 3. The minimum atomic E-state index is -1.54. The van der Waals surface area contributed by atoms with E-state index in [0.29, 0.717) is 31.5 Å². The fourth-order valence-corrected chi connectivity index (χ4v) is 3.73. The third kappa shape index (κ3) is 8.22. The van der Waals surface area contributed by atoms with Crippen LogP contribution in [0.25, 0.3) is 0 Å². The average Bonchev–Trinajstić information content (AvgIpc) is 3.50. The van der Waals surface area contributed by atoms with Gasteiger partial charge in [0.15, 0.2) is 5.96 Å². The normalized spacial score (nSPS) is 17.8. The predicted octanol–water partition coefficient (Wildman–Crippen LogP) is -3.63. The number of nitrogens with two attached hydrogens (primary N) is 3.